The summed E-state index contributed by atoms with van der Waals surface area (Å²) < 4.78 is 7.21. The van der Waals surface area contributed by atoms with Crippen LogP contribution < -0.4 is 15.4 Å². The molecule has 0 aliphatic carbocycles. The third-order valence-corrected chi connectivity index (χ3v) is 4.75. The standard InChI is InChI=1S/C21H18N6O2/c1-27-12-14(10-23-27)19-11-22-17-4-2-16(9-18(17)26-19)25-21(28)24-15-3-5-20-13(8-15)6-7-29-20/h2-5,8-12H,6-7H2,1H3,(H2,24,25,28). The summed E-state index contributed by atoms with van der Waals surface area (Å²) in [5.74, 6) is 0.883. The minimum atomic E-state index is -0.320. The van der Waals surface area contributed by atoms with E-state index in [1.807, 2.05) is 37.5 Å². The number of anilines is 2. The van der Waals surface area contributed by atoms with Crippen LogP contribution in [0.3, 0.4) is 0 Å². The molecule has 8 nitrogen and oxygen atoms in total. The van der Waals surface area contributed by atoms with Crippen molar-refractivity contribution in [2.75, 3.05) is 17.2 Å². The lowest BCUT2D eigenvalue weighted by atomic mass is 10.1. The summed E-state index contributed by atoms with van der Waals surface area (Å²) in [5.41, 5.74) is 5.53. The minimum Gasteiger partial charge on any atom is -0.493 e. The number of hydrogen-bond acceptors (Lipinski definition) is 5. The first-order chi connectivity index (χ1) is 14.1. The molecule has 4 aromatic rings. The van der Waals surface area contributed by atoms with E-state index in [-0.39, 0.29) is 6.03 Å². The lowest BCUT2D eigenvalue weighted by molar-refractivity contribution is 0.262. The van der Waals surface area contributed by atoms with Crippen molar-refractivity contribution in [3.63, 3.8) is 0 Å². The number of ether oxygens (including phenoxy) is 1. The van der Waals surface area contributed by atoms with E-state index in [0.717, 1.165) is 40.2 Å². The van der Waals surface area contributed by atoms with Crippen molar-refractivity contribution < 1.29 is 9.53 Å². The molecule has 5 rings (SSSR count). The zero-order chi connectivity index (χ0) is 19.8. The number of fused-ring (bicyclic) bond motifs is 2. The summed E-state index contributed by atoms with van der Waals surface area (Å²) >= 11 is 0. The summed E-state index contributed by atoms with van der Waals surface area (Å²) in [5, 5.41) is 9.87. The Morgan fingerprint density at radius 2 is 1.90 bits per heavy atom. The number of urea groups is 1. The predicted molar refractivity (Wildman–Crippen MR) is 110 cm³/mol. The fourth-order valence-corrected chi connectivity index (χ4v) is 3.34. The van der Waals surface area contributed by atoms with Crippen LogP contribution in [0, 0.1) is 0 Å². The van der Waals surface area contributed by atoms with E-state index < -0.39 is 0 Å². The number of aromatic nitrogens is 4. The Labute approximate surface area is 166 Å². The maximum Gasteiger partial charge on any atom is 0.323 e. The highest BCUT2D eigenvalue weighted by Crippen LogP contribution is 2.28. The second-order valence-corrected chi connectivity index (χ2v) is 6.86. The van der Waals surface area contributed by atoms with Gasteiger partial charge >= 0.3 is 6.03 Å². The van der Waals surface area contributed by atoms with Crippen molar-refractivity contribution in [3.8, 4) is 17.0 Å². The monoisotopic (exact) mass is 386 g/mol. The van der Waals surface area contributed by atoms with E-state index in [9.17, 15) is 4.79 Å². The Bertz CT molecular complexity index is 1230. The van der Waals surface area contributed by atoms with E-state index in [1.165, 1.54) is 0 Å². The maximum atomic E-state index is 12.4. The summed E-state index contributed by atoms with van der Waals surface area (Å²) in [6.07, 6.45) is 6.20. The molecule has 0 atom stereocenters. The molecule has 1 aliphatic rings. The molecular formula is C21H18N6O2. The van der Waals surface area contributed by atoms with Crippen molar-refractivity contribution >= 4 is 28.4 Å². The molecule has 1 aliphatic heterocycles. The first-order valence-corrected chi connectivity index (χ1v) is 9.24. The topological polar surface area (TPSA) is 94.0 Å². The molecule has 3 heterocycles. The molecule has 8 heteroatoms. The van der Waals surface area contributed by atoms with Gasteiger partial charge in [0.05, 0.1) is 35.7 Å². The van der Waals surface area contributed by atoms with E-state index >= 15 is 0 Å². The zero-order valence-corrected chi connectivity index (χ0v) is 15.7. The zero-order valence-electron chi connectivity index (χ0n) is 15.7. The Kier molecular flexibility index (Phi) is 4.09. The van der Waals surface area contributed by atoms with Crippen LogP contribution >= 0.6 is 0 Å². The maximum absolute atomic E-state index is 12.4. The van der Waals surface area contributed by atoms with Gasteiger partial charge in [-0.25, -0.2) is 9.78 Å². The van der Waals surface area contributed by atoms with Gasteiger partial charge in [0, 0.05) is 36.6 Å². The van der Waals surface area contributed by atoms with Gasteiger partial charge in [0.1, 0.15) is 5.75 Å². The molecule has 0 saturated heterocycles. The number of amides is 2. The fourth-order valence-electron chi connectivity index (χ4n) is 3.34. The predicted octanol–water partition coefficient (Wildman–Crippen LogP) is 3.61. The Hall–Kier alpha value is -3.94. The Morgan fingerprint density at radius 1 is 1.07 bits per heavy atom. The fraction of sp³-hybridized carbons (Fsp3) is 0.143. The van der Waals surface area contributed by atoms with Crippen LogP contribution in [0.5, 0.6) is 5.75 Å². The summed E-state index contributed by atoms with van der Waals surface area (Å²) in [6, 6.07) is 10.8. The molecule has 2 N–H and O–H groups in total. The van der Waals surface area contributed by atoms with Gasteiger partial charge in [0.15, 0.2) is 0 Å². The summed E-state index contributed by atoms with van der Waals surface area (Å²) in [6.45, 7) is 0.685. The number of carbonyl (C=O) groups is 1. The highest BCUT2D eigenvalue weighted by Gasteiger charge is 2.13. The molecular weight excluding hydrogens is 368 g/mol. The van der Waals surface area contributed by atoms with E-state index in [1.54, 1.807) is 29.2 Å². The van der Waals surface area contributed by atoms with Crippen LogP contribution in [0.4, 0.5) is 16.2 Å². The summed E-state index contributed by atoms with van der Waals surface area (Å²) in [4.78, 5) is 21.5. The van der Waals surface area contributed by atoms with Crippen LogP contribution in [0.25, 0.3) is 22.3 Å². The van der Waals surface area contributed by atoms with Crippen molar-refractivity contribution in [3.05, 3.63) is 60.6 Å². The van der Waals surface area contributed by atoms with Crippen LogP contribution in [0.1, 0.15) is 5.56 Å². The van der Waals surface area contributed by atoms with Crippen LogP contribution in [0.2, 0.25) is 0 Å². The molecule has 0 bridgehead atoms. The van der Waals surface area contributed by atoms with Gasteiger partial charge in [0.25, 0.3) is 0 Å². The van der Waals surface area contributed by atoms with Crippen molar-refractivity contribution in [1.82, 2.24) is 19.7 Å². The van der Waals surface area contributed by atoms with Crippen LogP contribution in [-0.4, -0.2) is 32.4 Å². The van der Waals surface area contributed by atoms with Gasteiger partial charge in [-0.15, -0.1) is 0 Å². The van der Waals surface area contributed by atoms with Gasteiger partial charge in [-0.1, -0.05) is 0 Å². The number of carbonyl (C=O) groups excluding carboxylic acids is 1. The Balaban J connectivity index is 1.35. The lowest BCUT2D eigenvalue weighted by Gasteiger charge is -2.09. The highest BCUT2D eigenvalue weighted by molar-refractivity contribution is 6.00. The van der Waals surface area contributed by atoms with Gasteiger partial charge < -0.3 is 15.4 Å². The van der Waals surface area contributed by atoms with E-state index in [2.05, 4.69) is 25.7 Å². The lowest BCUT2D eigenvalue weighted by Crippen LogP contribution is -2.19. The number of nitrogens with one attached hydrogen (secondary N) is 2. The first kappa shape index (κ1) is 17.2. The van der Waals surface area contributed by atoms with E-state index in [4.69, 9.17) is 4.74 Å². The number of rotatable bonds is 3. The minimum absolute atomic E-state index is 0.320. The molecule has 2 amide bonds. The third kappa shape index (κ3) is 3.47. The average molecular weight is 386 g/mol. The number of benzene rings is 2. The number of hydrogen-bond donors (Lipinski definition) is 2. The Morgan fingerprint density at radius 3 is 2.72 bits per heavy atom. The first-order valence-electron chi connectivity index (χ1n) is 9.24. The van der Waals surface area contributed by atoms with Crippen molar-refractivity contribution in [1.29, 1.82) is 0 Å². The number of nitrogens with zero attached hydrogens (tertiary/aromatic N) is 4. The third-order valence-electron chi connectivity index (χ3n) is 4.75. The van der Waals surface area contributed by atoms with E-state index in [0.29, 0.717) is 17.8 Å². The second kappa shape index (κ2) is 6.90. The molecule has 144 valence electrons. The normalized spacial score (nSPS) is 12.4. The second-order valence-electron chi connectivity index (χ2n) is 6.86. The number of aryl methyl sites for hydroxylation is 1. The molecule has 2 aromatic carbocycles. The van der Waals surface area contributed by atoms with Crippen LogP contribution in [0.15, 0.2) is 55.0 Å². The smallest absolute Gasteiger partial charge is 0.323 e. The van der Waals surface area contributed by atoms with Gasteiger partial charge in [-0.2, -0.15) is 5.10 Å². The van der Waals surface area contributed by atoms with Gasteiger partial charge in [0.2, 0.25) is 0 Å². The molecule has 29 heavy (non-hydrogen) atoms. The molecule has 0 spiro atoms. The highest BCUT2D eigenvalue weighted by atomic mass is 16.5. The van der Waals surface area contributed by atoms with Crippen molar-refractivity contribution in [2.24, 2.45) is 7.05 Å². The van der Waals surface area contributed by atoms with Crippen molar-refractivity contribution in [2.45, 2.75) is 6.42 Å². The molecule has 0 unspecified atom stereocenters. The quantitative estimate of drug-likeness (QED) is 0.561. The van der Waals surface area contributed by atoms with Crippen LogP contribution in [-0.2, 0) is 13.5 Å². The average Bonchev–Trinajstić information content (AvgIpc) is 3.35. The summed E-state index contributed by atoms with van der Waals surface area (Å²) in [7, 11) is 1.85. The SMILES string of the molecule is Cn1cc(-c2cnc3ccc(NC(=O)Nc4ccc5c(c4)CCO5)cc3n2)cn1. The molecule has 0 fully saturated rings. The molecule has 2 aromatic heterocycles. The largest absolute Gasteiger partial charge is 0.493 e. The molecule has 0 radical (unpaired) electrons. The van der Waals surface area contributed by atoms with Gasteiger partial charge in [-0.3, -0.25) is 9.67 Å². The van der Waals surface area contributed by atoms with Gasteiger partial charge in [-0.05, 0) is 42.0 Å². The molecule has 0 saturated carbocycles.